The fraction of sp³-hybridized carbons (Fsp3) is 0.308. The summed E-state index contributed by atoms with van der Waals surface area (Å²) in [7, 11) is 0. The molecule has 160 valence electrons. The average molecular weight is 418 g/mol. The van der Waals surface area contributed by atoms with Crippen LogP contribution in [-0.2, 0) is 0 Å². The number of hydrogen-bond donors (Lipinski definition) is 0. The lowest BCUT2D eigenvalue weighted by molar-refractivity contribution is 0.0665. The monoisotopic (exact) mass is 417 g/mol. The van der Waals surface area contributed by atoms with Gasteiger partial charge in [0, 0.05) is 19.3 Å². The lowest BCUT2D eigenvalue weighted by Crippen LogP contribution is -2.40. The van der Waals surface area contributed by atoms with E-state index in [-0.39, 0.29) is 17.8 Å². The van der Waals surface area contributed by atoms with Crippen LogP contribution < -0.4 is 0 Å². The highest BCUT2D eigenvalue weighted by molar-refractivity contribution is 5.93. The van der Waals surface area contributed by atoms with Crippen LogP contribution in [-0.4, -0.2) is 46.9 Å². The summed E-state index contributed by atoms with van der Waals surface area (Å²) < 4.78 is 13.4. The van der Waals surface area contributed by atoms with Gasteiger partial charge < -0.3 is 9.80 Å². The summed E-state index contributed by atoms with van der Waals surface area (Å²) in [5.74, 6) is -0.378. The Labute approximate surface area is 183 Å². The highest BCUT2D eigenvalue weighted by atomic mass is 19.1. The third-order valence-corrected chi connectivity index (χ3v) is 6.02. The number of carbonyl (C=O) groups is 1. The molecule has 0 aliphatic carbocycles. The summed E-state index contributed by atoms with van der Waals surface area (Å²) in [6.07, 6.45) is 4.11. The minimum absolute atomic E-state index is 0.103. The molecule has 0 saturated carbocycles. The van der Waals surface area contributed by atoms with Crippen LogP contribution in [0.4, 0.5) is 4.39 Å². The molecule has 2 aromatic carbocycles. The Morgan fingerprint density at radius 2 is 1.74 bits per heavy atom. The Hall–Kier alpha value is -3.05. The van der Waals surface area contributed by atoms with Gasteiger partial charge in [0.15, 0.2) is 0 Å². The van der Waals surface area contributed by atoms with Crippen LogP contribution in [0.5, 0.6) is 0 Å². The van der Waals surface area contributed by atoms with Crippen LogP contribution >= 0.6 is 0 Å². The first kappa shape index (κ1) is 21.2. The largest absolute Gasteiger partial charge is 0.329 e. The van der Waals surface area contributed by atoms with E-state index in [2.05, 4.69) is 9.88 Å². The van der Waals surface area contributed by atoms with Crippen molar-refractivity contribution >= 4 is 5.91 Å². The van der Waals surface area contributed by atoms with Crippen molar-refractivity contribution < 1.29 is 9.18 Å². The molecule has 0 radical (unpaired) electrons. The van der Waals surface area contributed by atoms with Gasteiger partial charge in [0.1, 0.15) is 11.5 Å². The molecule has 0 bridgehead atoms. The topological polar surface area (TPSA) is 36.4 Å². The molecule has 5 heteroatoms. The second-order valence-electron chi connectivity index (χ2n) is 8.07. The SMILES string of the molecule is C[C@H](c1ccc(F)cc1)N(CCN1CCCC1)C(=O)c1cc(-c2ccccc2)ccn1. The first-order valence-corrected chi connectivity index (χ1v) is 10.9. The minimum Gasteiger partial charge on any atom is -0.329 e. The van der Waals surface area contributed by atoms with Crippen molar-refractivity contribution in [1.29, 1.82) is 0 Å². The molecular formula is C26H28FN3O. The zero-order chi connectivity index (χ0) is 21.6. The van der Waals surface area contributed by atoms with E-state index < -0.39 is 0 Å². The summed E-state index contributed by atoms with van der Waals surface area (Å²) in [6.45, 7) is 5.59. The van der Waals surface area contributed by atoms with Gasteiger partial charge in [0.25, 0.3) is 5.91 Å². The van der Waals surface area contributed by atoms with Crippen LogP contribution in [0.25, 0.3) is 11.1 Å². The van der Waals surface area contributed by atoms with Gasteiger partial charge in [-0.2, -0.15) is 0 Å². The number of hydrogen-bond acceptors (Lipinski definition) is 3. The molecule has 31 heavy (non-hydrogen) atoms. The molecule has 0 N–H and O–H groups in total. The van der Waals surface area contributed by atoms with Crippen molar-refractivity contribution in [3.05, 3.63) is 90.0 Å². The number of benzene rings is 2. The zero-order valence-corrected chi connectivity index (χ0v) is 17.9. The van der Waals surface area contributed by atoms with Crippen LogP contribution in [0.15, 0.2) is 72.9 Å². The summed E-state index contributed by atoms with van der Waals surface area (Å²) in [4.78, 5) is 22.2. The predicted molar refractivity (Wildman–Crippen MR) is 121 cm³/mol. The summed E-state index contributed by atoms with van der Waals surface area (Å²) in [5, 5.41) is 0. The van der Waals surface area contributed by atoms with Crippen molar-refractivity contribution in [3.8, 4) is 11.1 Å². The highest BCUT2D eigenvalue weighted by Crippen LogP contribution is 2.25. The van der Waals surface area contributed by atoms with Gasteiger partial charge in [0.05, 0.1) is 6.04 Å². The number of rotatable bonds is 7. The number of amides is 1. The van der Waals surface area contributed by atoms with E-state index in [0.717, 1.165) is 36.3 Å². The third kappa shape index (κ3) is 5.17. The molecule has 1 amide bonds. The molecular weight excluding hydrogens is 389 g/mol. The van der Waals surface area contributed by atoms with Gasteiger partial charge in [-0.05, 0) is 73.8 Å². The molecule has 0 spiro atoms. The first-order valence-electron chi connectivity index (χ1n) is 10.9. The molecule has 1 saturated heterocycles. The van der Waals surface area contributed by atoms with E-state index in [1.807, 2.05) is 54.3 Å². The van der Waals surface area contributed by atoms with Crippen molar-refractivity contribution in [2.45, 2.75) is 25.8 Å². The quantitative estimate of drug-likeness (QED) is 0.531. The summed E-state index contributed by atoms with van der Waals surface area (Å²) in [6, 6.07) is 20.0. The Bertz CT molecular complexity index is 1000. The number of nitrogens with zero attached hydrogens (tertiary/aromatic N) is 3. The standard InChI is InChI=1S/C26H28FN3O/c1-20(21-9-11-24(27)12-10-21)30(18-17-29-15-5-6-16-29)26(31)25-19-23(13-14-28-25)22-7-3-2-4-8-22/h2-4,7-14,19-20H,5-6,15-18H2,1H3/t20-/m1/s1. The van der Waals surface area contributed by atoms with Crippen molar-refractivity contribution in [2.75, 3.05) is 26.2 Å². The maximum atomic E-state index is 13.6. The molecule has 1 aliphatic heterocycles. The molecule has 4 nitrogen and oxygen atoms in total. The normalized spacial score (nSPS) is 15.0. The Balaban J connectivity index is 1.60. The maximum Gasteiger partial charge on any atom is 0.273 e. The summed E-state index contributed by atoms with van der Waals surface area (Å²) in [5.41, 5.74) is 3.36. The molecule has 3 aromatic rings. The van der Waals surface area contributed by atoms with E-state index in [1.54, 1.807) is 18.3 Å². The van der Waals surface area contributed by atoms with Gasteiger partial charge >= 0.3 is 0 Å². The second-order valence-corrected chi connectivity index (χ2v) is 8.07. The molecule has 0 unspecified atom stereocenters. The van der Waals surface area contributed by atoms with E-state index in [0.29, 0.717) is 12.2 Å². The Morgan fingerprint density at radius 3 is 2.45 bits per heavy atom. The smallest absolute Gasteiger partial charge is 0.273 e. The van der Waals surface area contributed by atoms with Crippen molar-refractivity contribution in [1.82, 2.24) is 14.8 Å². The number of pyridine rings is 1. The van der Waals surface area contributed by atoms with E-state index in [4.69, 9.17) is 0 Å². The second kappa shape index (κ2) is 9.84. The summed E-state index contributed by atoms with van der Waals surface area (Å²) >= 11 is 0. The third-order valence-electron chi connectivity index (χ3n) is 6.02. The van der Waals surface area contributed by atoms with Crippen LogP contribution in [0, 0.1) is 5.82 Å². The van der Waals surface area contributed by atoms with Gasteiger partial charge in [-0.25, -0.2) is 4.39 Å². The fourth-order valence-electron chi connectivity index (χ4n) is 4.15. The molecule has 4 rings (SSSR count). The number of likely N-dealkylation sites (tertiary alicyclic amines) is 1. The predicted octanol–water partition coefficient (Wildman–Crippen LogP) is 5.19. The van der Waals surface area contributed by atoms with Crippen LogP contribution in [0.1, 0.15) is 41.9 Å². The average Bonchev–Trinajstić information content (AvgIpc) is 3.34. The van der Waals surface area contributed by atoms with Gasteiger partial charge in [-0.15, -0.1) is 0 Å². The van der Waals surface area contributed by atoms with Crippen molar-refractivity contribution in [2.24, 2.45) is 0 Å². The number of halogens is 1. The maximum absolute atomic E-state index is 13.6. The van der Waals surface area contributed by atoms with Gasteiger partial charge in [-0.3, -0.25) is 9.78 Å². The van der Waals surface area contributed by atoms with Gasteiger partial charge in [0.2, 0.25) is 0 Å². The highest BCUT2D eigenvalue weighted by Gasteiger charge is 2.25. The lowest BCUT2D eigenvalue weighted by atomic mass is 10.0. The molecule has 1 atom stereocenters. The van der Waals surface area contributed by atoms with Crippen molar-refractivity contribution in [3.63, 3.8) is 0 Å². The van der Waals surface area contributed by atoms with E-state index >= 15 is 0 Å². The fourth-order valence-corrected chi connectivity index (χ4v) is 4.15. The minimum atomic E-state index is -0.275. The van der Waals surface area contributed by atoms with Crippen LogP contribution in [0.3, 0.4) is 0 Å². The van der Waals surface area contributed by atoms with Gasteiger partial charge in [-0.1, -0.05) is 42.5 Å². The molecule has 1 fully saturated rings. The lowest BCUT2D eigenvalue weighted by Gasteiger charge is -2.31. The van der Waals surface area contributed by atoms with E-state index in [9.17, 15) is 9.18 Å². The van der Waals surface area contributed by atoms with Crippen LogP contribution in [0.2, 0.25) is 0 Å². The number of aromatic nitrogens is 1. The van der Waals surface area contributed by atoms with E-state index in [1.165, 1.54) is 25.0 Å². The molecule has 2 heterocycles. The molecule has 1 aliphatic rings. The Kier molecular flexibility index (Phi) is 6.73. The zero-order valence-electron chi connectivity index (χ0n) is 17.9. The Morgan fingerprint density at radius 1 is 1.03 bits per heavy atom. The first-order chi connectivity index (χ1) is 15.1. The molecule has 1 aromatic heterocycles. The number of carbonyl (C=O) groups excluding carboxylic acids is 1.